The van der Waals surface area contributed by atoms with Crippen LogP contribution in [0.25, 0.3) is 5.69 Å². The minimum Gasteiger partial charge on any atom is -0.325 e. The smallest absolute Gasteiger partial charge is 0.238 e. The van der Waals surface area contributed by atoms with Crippen LogP contribution in [-0.2, 0) is 21.2 Å². The van der Waals surface area contributed by atoms with Gasteiger partial charge in [0.25, 0.3) is 0 Å². The summed E-state index contributed by atoms with van der Waals surface area (Å²) in [6, 6.07) is 19.5. The lowest BCUT2D eigenvalue weighted by Gasteiger charge is -2.14. The summed E-state index contributed by atoms with van der Waals surface area (Å²) < 4.78 is 24.8. The van der Waals surface area contributed by atoms with Gasteiger partial charge in [-0.15, -0.1) is 21.5 Å². The Morgan fingerprint density at radius 2 is 1.82 bits per heavy atom. The number of nitrogens with one attached hydrogen (secondary N) is 1. The van der Waals surface area contributed by atoms with E-state index in [9.17, 15) is 13.2 Å². The highest BCUT2D eigenvalue weighted by atomic mass is 32.2. The molecule has 0 aliphatic heterocycles. The molecule has 0 saturated heterocycles. The van der Waals surface area contributed by atoms with Crippen molar-refractivity contribution in [3.05, 3.63) is 82.8 Å². The molecule has 3 N–H and O–H groups in total. The SMILES string of the molecule is CC(Sc1nnc(Cc2cccs2)n1-c1ccccc1)C(=O)Nc1ccc(S(N)(=O)=O)cc1. The van der Waals surface area contributed by atoms with Crippen LogP contribution in [0.3, 0.4) is 0 Å². The Morgan fingerprint density at radius 3 is 2.45 bits per heavy atom. The molecule has 1 atom stereocenters. The molecule has 0 bridgehead atoms. The van der Waals surface area contributed by atoms with Gasteiger partial charge >= 0.3 is 0 Å². The van der Waals surface area contributed by atoms with Gasteiger partial charge in [-0.3, -0.25) is 9.36 Å². The van der Waals surface area contributed by atoms with E-state index in [2.05, 4.69) is 21.6 Å². The highest BCUT2D eigenvalue weighted by molar-refractivity contribution is 8.00. The fourth-order valence-corrected chi connectivity index (χ4v) is 5.18. The van der Waals surface area contributed by atoms with E-state index in [0.717, 1.165) is 11.5 Å². The minimum absolute atomic E-state index is 0.0165. The lowest BCUT2D eigenvalue weighted by molar-refractivity contribution is -0.115. The number of amides is 1. The zero-order chi connectivity index (χ0) is 23.4. The van der Waals surface area contributed by atoms with Crippen LogP contribution < -0.4 is 10.5 Å². The molecule has 0 saturated carbocycles. The molecule has 170 valence electrons. The van der Waals surface area contributed by atoms with Crippen molar-refractivity contribution in [2.45, 2.75) is 28.6 Å². The molecular formula is C22H21N5O3S3. The van der Waals surface area contributed by atoms with E-state index >= 15 is 0 Å². The number of nitrogens with zero attached hydrogens (tertiary/aromatic N) is 3. The van der Waals surface area contributed by atoms with E-state index in [0.29, 0.717) is 17.3 Å². The van der Waals surface area contributed by atoms with Crippen LogP contribution in [0.2, 0.25) is 0 Å². The van der Waals surface area contributed by atoms with Gasteiger partial charge in [-0.1, -0.05) is 36.0 Å². The summed E-state index contributed by atoms with van der Waals surface area (Å²) in [5.74, 6) is 0.545. The van der Waals surface area contributed by atoms with Crippen LogP contribution >= 0.6 is 23.1 Å². The summed E-state index contributed by atoms with van der Waals surface area (Å²) in [6.07, 6.45) is 0.636. The molecule has 0 spiro atoms. The van der Waals surface area contributed by atoms with Crippen LogP contribution in [-0.4, -0.2) is 34.3 Å². The molecule has 1 unspecified atom stereocenters. The molecule has 0 aliphatic rings. The predicted octanol–water partition coefficient (Wildman–Crippen LogP) is 3.69. The van der Waals surface area contributed by atoms with Gasteiger partial charge in [-0.25, -0.2) is 13.6 Å². The Balaban J connectivity index is 1.53. The zero-order valence-electron chi connectivity index (χ0n) is 17.6. The molecule has 0 aliphatic carbocycles. The average molecular weight is 500 g/mol. The number of carbonyl (C=O) groups is 1. The maximum Gasteiger partial charge on any atom is 0.238 e. The molecule has 4 rings (SSSR count). The lowest BCUT2D eigenvalue weighted by Crippen LogP contribution is -2.23. The monoisotopic (exact) mass is 499 g/mol. The second-order valence-electron chi connectivity index (χ2n) is 7.14. The molecule has 1 amide bonds. The Labute approximate surface area is 199 Å². The molecule has 2 heterocycles. The van der Waals surface area contributed by atoms with Crippen molar-refractivity contribution in [2.24, 2.45) is 5.14 Å². The van der Waals surface area contributed by atoms with Gasteiger partial charge in [0.15, 0.2) is 5.16 Å². The molecule has 11 heteroatoms. The van der Waals surface area contributed by atoms with Crippen molar-refractivity contribution in [1.82, 2.24) is 14.8 Å². The Bertz CT molecular complexity index is 1340. The molecule has 4 aromatic rings. The van der Waals surface area contributed by atoms with Crippen LogP contribution in [0.4, 0.5) is 5.69 Å². The predicted molar refractivity (Wildman–Crippen MR) is 130 cm³/mol. The van der Waals surface area contributed by atoms with E-state index in [4.69, 9.17) is 5.14 Å². The number of nitrogens with two attached hydrogens (primary N) is 1. The maximum atomic E-state index is 12.8. The highest BCUT2D eigenvalue weighted by Crippen LogP contribution is 2.28. The van der Waals surface area contributed by atoms with Crippen molar-refractivity contribution in [2.75, 3.05) is 5.32 Å². The fraction of sp³-hybridized carbons (Fsp3) is 0.136. The molecule has 33 heavy (non-hydrogen) atoms. The lowest BCUT2D eigenvalue weighted by atomic mass is 10.3. The van der Waals surface area contributed by atoms with Crippen LogP contribution in [0, 0.1) is 0 Å². The number of carbonyl (C=O) groups excluding carboxylic acids is 1. The van der Waals surface area contributed by atoms with E-state index in [-0.39, 0.29) is 10.8 Å². The van der Waals surface area contributed by atoms with Gasteiger partial charge in [0, 0.05) is 22.7 Å². The molecule has 2 aromatic carbocycles. The summed E-state index contributed by atoms with van der Waals surface area (Å²) in [7, 11) is -3.79. The van der Waals surface area contributed by atoms with Gasteiger partial charge in [-0.05, 0) is 54.8 Å². The maximum absolute atomic E-state index is 12.8. The average Bonchev–Trinajstić information content (AvgIpc) is 3.44. The quantitative estimate of drug-likeness (QED) is 0.357. The number of anilines is 1. The van der Waals surface area contributed by atoms with E-state index < -0.39 is 15.3 Å². The van der Waals surface area contributed by atoms with E-state index in [1.54, 1.807) is 18.3 Å². The zero-order valence-corrected chi connectivity index (χ0v) is 20.0. The van der Waals surface area contributed by atoms with Gasteiger partial charge in [0.1, 0.15) is 5.82 Å². The largest absolute Gasteiger partial charge is 0.325 e. The summed E-state index contributed by atoms with van der Waals surface area (Å²) >= 11 is 2.95. The third-order valence-corrected chi connectivity index (χ3v) is 7.58. The molecular weight excluding hydrogens is 478 g/mol. The number of hydrogen-bond donors (Lipinski definition) is 2. The summed E-state index contributed by atoms with van der Waals surface area (Å²) in [6.45, 7) is 1.78. The normalized spacial score (nSPS) is 12.4. The first-order valence-electron chi connectivity index (χ1n) is 9.94. The Morgan fingerprint density at radius 1 is 1.09 bits per heavy atom. The van der Waals surface area contributed by atoms with E-state index in [1.807, 2.05) is 46.3 Å². The summed E-state index contributed by atoms with van der Waals surface area (Å²) in [4.78, 5) is 13.9. The topological polar surface area (TPSA) is 120 Å². The third-order valence-electron chi connectivity index (χ3n) is 4.73. The second kappa shape index (κ2) is 9.87. The number of hydrogen-bond acceptors (Lipinski definition) is 7. The van der Waals surface area contributed by atoms with Gasteiger partial charge in [-0.2, -0.15) is 0 Å². The van der Waals surface area contributed by atoms with Crippen LogP contribution in [0.15, 0.2) is 82.2 Å². The summed E-state index contributed by atoms with van der Waals surface area (Å²) in [5.41, 5.74) is 1.39. The van der Waals surface area contributed by atoms with Gasteiger partial charge < -0.3 is 5.32 Å². The van der Waals surface area contributed by atoms with Crippen molar-refractivity contribution in [3.8, 4) is 5.69 Å². The van der Waals surface area contributed by atoms with Crippen molar-refractivity contribution < 1.29 is 13.2 Å². The molecule has 8 nitrogen and oxygen atoms in total. The molecule has 0 fully saturated rings. The number of aromatic nitrogens is 3. The van der Waals surface area contributed by atoms with Crippen LogP contribution in [0.1, 0.15) is 17.6 Å². The number of primary sulfonamides is 1. The first kappa shape index (κ1) is 23.2. The fourth-order valence-electron chi connectivity index (χ4n) is 3.08. The Kier molecular flexibility index (Phi) is 6.94. The highest BCUT2D eigenvalue weighted by Gasteiger charge is 2.22. The minimum atomic E-state index is -3.79. The number of thioether (sulfide) groups is 1. The molecule has 2 aromatic heterocycles. The van der Waals surface area contributed by atoms with Crippen molar-refractivity contribution in [1.29, 1.82) is 0 Å². The second-order valence-corrected chi connectivity index (χ2v) is 11.0. The number of para-hydroxylation sites is 1. The Hall–Kier alpha value is -2.99. The van der Waals surface area contributed by atoms with Gasteiger partial charge in [0.05, 0.1) is 10.1 Å². The first-order valence-corrected chi connectivity index (χ1v) is 13.2. The number of thiophene rings is 1. The van der Waals surface area contributed by atoms with Gasteiger partial charge in [0.2, 0.25) is 15.9 Å². The first-order chi connectivity index (χ1) is 15.8. The standard InChI is InChI=1S/C22H21N5O3S3/c1-15(21(28)24-16-9-11-19(12-10-16)33(23,29)30)32-22-26-25-20(14-18-8-5-13-31-18)27(22)17-6-3-2-4-7-17/h2-13,15H,14H2,1H3,(H,24,28)(H2,23,29,30). The van der Waals surface area contributed by atoms with Crippen LogP contribution in [0.5, 0.6) is 0 Å². The van der Waals surface area contributed by atoms with Crippen molar-refractivity contribution >= 4 is 44.7 Å². The van der Waals surface area contributed by atoms with Crippen molar-refractivity contribution in [3.63, 3.8) is 0 Å². The number of rotatable bonds is 8. The number of sulfonamides is 1. The molecule has 0 radical (unpaired) electrons. The third kappa shape index (κ3) is 5.69. The van der Waals surface area contributed by atoms with E-state index in [1.165, 1.54) is 40.9 Å². The number of benzene rings is 2. The summed E-state index contributed by atoms with van der Waals surface area (Å²) in [5, 5.41) is 18.8.